The van der Waals surface area contributed by atoms with E-state index in [0.717, 1.165) is 11.1 Å². The number of aliphatic imine (C=N–C) groups is 1. The molecule has 0 N–H and O–H groups in total. The Morgan fingerprint density at radius 2 is 1.74 bits per heavy atom. The van der Waals surface area contributed by atoms with E-state index in [9.17, 15) is 4.79 Å². The number of ether oxygens (including phenoxy) is 1. The van der Waals surface area contributed by atoms with Crippen molar-refractivity contribution in [3.8, 4) is 0 Å². The molecular formula is C18H11Cl2NO2. The van der Waals surface area contributed by atoms with Crippen molar-refractivity contribution in [1.82, 2.24) is 0 Å². The minimum absolute atomic E-state index is 0.216. The molecule has 0 fully saturated rings. The van der Waals surface area contributed by atoms with E-state index in [0.29, 0.717) is 10.0 Å². The summed E-state index contributed by atoms with van der Waals surface area (Å²) in [5.41, 5.74) is 1.86. The molecule has 0 saturated heterocycles. The van der Waals surface area contributed by atoms with Crippen LogP contribution in [0.25, 0.3) is 12.2 Å². The predicted octanol–water partition coefficient (Wildman–Crippen LogP) is 5.00. The van der Waals surface area contributed by atoms with Gasteiger partial charge in [-0.15, -0.1) is 0 Å². The summed E-state index contributed by atoms with van der Waals surface area (Å²) in [6.45, 7) is 0. The first-order chi connectivity index (χ1) is 11.1. The summed E-state index contributed by atoms with van der Waals surface area (Å²) in [5, 5.41) is 0.902. The summed E-state index contributed by atoms with van der Waals surface area (Å²) < 4.78 is 5.12. The summed E-state index contributed by atoms with van der Waals surface area (Å²) in [6.07, 6.45) is 4.96. The highest BCUT2D eigenvalue weighted by Gasteiger charge is 2.21. The van der Waals surface area contributed by atoms with E-state index in [4.69, 9.17) is 27.9 Å². The number of hydrogen-bond acceptors (Lipinski definition) is 3. The standard InChI is InChI=1S/C18H11Cl2NO2/c19-14-8-4-7-13(17(14)20)9-10-16-21-15(18(22)23-16)11-12-5-2-1-3-6-12/h1-11H. The smallest absolute Gasteiger partial charge is 0.363 e. The summed E-state index contributed by atoms with van der Waals surface area (Å²) in [4.78, 5) is 16.0. The summed E-state index contributed by atoms with van der Waals surface area (Å²) in [6, 6.07) is 14.7. The topological polar surface area (TPSA) is 38.7 Å². The van der Waals surface area contributed by atoms with E-state index < -0.39 is 5.97 Å². The van der Waals surface area contributed by atoms with E-state index in [2.05, 4.69) is 4.99 Å². The third-order valence-electron chi connectivity index (χ3n) is 3.13. The molecule has 0 saturated carbocycles. The molecule has 0 unspecified atom stereocenters. The molecule has 0 aliphatic carbocycles. The maximum atomic E-state index is 11.8. The van der Waals surface area contributed by atoms with Crippen LogP contribution in [-0.2, 0) is 9.53 Å². The highest BCUT2D eigenvalue weighted by molar-refractivity contribution is 6.42. The zero-order valence-corrected chi connectivity index (χ0v) is 13.4. The van der Waals surface area contributed by atoms with Crippen LogP contribution in [0.3, 0.4) is 0 Å². The van der Waals surface area contributed by atoms with Gasteiger partial charge in [-0.1, -0.05) is 65.7 Å². The molecule has 3 rings (SSSR count). The number of carbonyl (C=O) groups excluding carboxylic acids is 1. The van der Waals surface area contributed by atoms with Crippen LogP contribution in [0.2, 0.25) is 10.0 Å². The molecule has 2 aromatic carbocycles. The second-order valence-electron chi connectivity index (χ2n) is 4.76. The zero-order valence-electron chi connectivity index (χ0n) is 11.9. The lowest BCUT2D eigenvalue weighted by Crippen LogP contribution is -2.01. The van der Waals surface area contributed by atoms with Crippen LogP contribution in [-0.4, -0.2) is 11.9 Å². The van der Waals surface area contributed by atoms with Crippen molar-refractivity contribution in [2.45, 2.75) is 0 Å². The highest BCUT2D eigenvalue weighted by Crippen LogP contribution is 2.26. The number of rotatable bonds is 3. The molecule has 0 spiro atoms. The van der Waals surface area contributed by atoms with Crippen molar-refractivity contribution in [2.24, 2.45) is 4.99 Å². The molecule has 0 amide bonds. The Morgan fingerprint density at radius 1 is 0.957 bits per heavy atom. The van der Waals surface area contributed by atoms with Crippen molar-refractivity contribution in [2.75, 3.05) is 0 Å². The fourth-order valence-electron chi connectivity index (χ4n) is 2.01. The van der Waals surface area contributed by atoms with Crippen molar-refractivity contribution >= 4 is 47.2 Å². The second kappa shape index (κ2) is 6.82. The van der Waals surface area contributed by atoms with Gasteiger partial charge in [0, 0.05) is 6.08 Å². The average Bonchev–Trinajstić information content (AvgIpc) is 2.90. The van der Waals surface area contributed by atoms with Crippen LogP contribution >= 0.6 is 23.2 Å². The van der Waals surface area contributed by atoms with Crippen LogP contribution in [0.1, 0.15) is 11.1 Å². The molecule has 0 atom stereocenters. The molecule has 5 heteroatoms. The Morgan fingerprint density at radius 3 is 2.52 bits per heavy atom. The van der Waals surface area contributed by atoms with Gasteiger partial charge in [0.2, 0.25) is 5.90 Å². The van der Waals surface area contributed by atoms with E-state index in [1.165, 1.54) is 0 Å². The van der Waals surface area contributed by atoms with Gasteiger partial charge in [-0.25, -0.2) is 9.79 Å². The zero-order chi connectivity index (χ0) is 16.2. The summed E-state index contributed by atoms with van der Waals surface area (Å²) >= 11 is 12.1. The van der Waals surface area contributed by atoms with Gasteiger partial charge in [0.1, 0.15) is 0 Å². The maximum Gasteiger partial charge on any atom is 0.363 e. The Labute approximate surface area is 143 Å². The maximum absolute atomic E-state index is 11.8. The van der Waals surface area contributed by atoms with Crippen LogP contribution in [0, 0.1) is 0 Å². The third kappa shape index (κ3) is 3.70. The number of hydrogen-bond donors (Lipinski definition) is 0. The third-order valence-corrected chi connectivity index (χ3v) is 3.96. The highest BCUT2D eigenvalue weighted by atomic mass is 35.5. The average molecular weight is 344 g/mol. The molecule has 1 heterocycles. The van der Waals surface area contributed by atoms with Gasteiger partial charge in [0.05, 0.1) is 10.0 Å². The Hall–Kier alpha value is -2.36. The lowest BCUT2D eigenvalue weighted by Gasteiger charge is -1.99. The van der Waals surface area contributed by atoms with Crippen molar-refractivity contribution in [3.63, 3.8) is 0 Å². The van der Waals surface area contributed by atoms with Crippen LogP contribution < -0.4 is 0 Å². The van der Waals surface area contributed by atoms with E-state index in [1.807, 2.05) is 36.4 Å². The largest absolute Gasteiger partial charge is 0.403 e. The fraction of sp³-hybridized carbons (Fsp3) is 0. The van der Waals surface area contributed by atoms with Gasteiger partial charge in [-0.3, -0.25) is 0 Å². The lowest BCUT2D eigenvalue weighted by atomic mass is 10.2. The minimum atomic E-state index is -0.481. The number of nitrogens with zero attached hydrogens (tertiary/aromatic N) is 1. The second-order valence-corrected chi connectivity index (χ2v) is 5.54. The lowest BCUT2D eigenvalue weighted by molar-refractivity contribution is -0.129. The van der Waals surface area contributed by atoms with Gasteiger partial charge < -0.3 is 4.74 Å². The quantitative estimate of drug-likeness (QED) is 0.580. The monoisotopic (exact) mass is 343 g/mol. The van der Waals surface area contributed by atoms with Crippen LogP contribution in [0.4, 0.5) is 0 Å². The molecule has 114 valence electrons. The van der Waals surface area contributed by atoms with Gasteiger partial charge in [0.25, 0.3) is 0 Å². The fourth-order valence-corrected chi connectivity index (χ4v) is 2.39. The molecule has 0 aromatic heterocycles. The number of esters is 1. The van der Waals surface area contributed by atoms with Crippen LogP contribution in [0.5, 0.6) is 0 Å². The normalized spacial score (nSPS) is 16.0. The van der Waals surface area contributed by atoms with Gasteiger partial charge >= 0.3 is 5.97 Å². The summed E-state index contributed by atoms with van der Waals surface area (Å²) in [5.74, 6) is -0.265. The number of halogens is 2. The van der Waals surface area contributed by atoms with E-state index in [1.54, 1.807) is 30.4 Å². The first-order valence-corrected chi connectivity index (χ1v) is 7.59. The first-order valence-electron chi connectivity index (χ1n) is 6.83. The number of carbonyl (C=O) groups is 1. The van der Waals surface area contributed by atoms with Crippen molar-refractivity contribution < 1.29 is 9.53 Å². The molecule has 0 radical (unpaired) electrons. The number of benzene rings is 2. The Balaban J connectivity index is 1.83. The van der Waals surface area contributed by atoms with Crippen molar-refractivity contribution in [1.29, 1.82) is 0 Å². The molecule has 1 aliphatic rings. The van der Waals surface area contributed by atoms with Crippen molar-refractivity contribution in [3.05, 3.63) is 81.5 Å². The molecule has 3 nitrogen and oxygen atoms in total. The SMILES string of the molecule is O=C1OC(C=Cc2cccc(Cl)c2Cl)=NC1=Cc1ccccc1. The molecule has 1 aliphatic heterocycles. The Kier molecular flexibility index (Phi) is 4.60. The van der Waals surface area contributed by atoms with E-state index >= 15 is 0 Å². The first kappa shape index (κ1) is 15.5. The predicted molar refractivity (Wildman–Crippen MR) is 93.4 cm³/mol. The molecule has 23 heavy (non-hydrogen) atoms. The summed E-state index contributed by atoms with van der Waals surface area (Å²) in [7, 11) is 0. The molecule has 0 bridgehead atoms. The van der Waals surface area contributed by atoms with Gasteiger partial charge in [-0.2, -0.15) is 0 Å². The molecule has 2 aromatic rings. The van der Waals surface area contributed by atoms with E-state index in [-0.39, 0.29) is 11.6 Å². The van der Waals surface area contributed by atoms with Crippen LogP contribution in [0.15, 0.2) is 65.3 Å². The number of cyclic esters (lactones) is 1. The minimum Gasteiger partial charge on any atom is -0.403 e. The van der Waals surface area contributed by atoms with Gasteiger partial charge in [-0.05, 0) is 29.3 Å². The van der Waals surface area contributed by atoms with Gasteiger partial charge in [0.15, 0.2) is 5.70 Å². The molecular weight excluding hydrogens is 333 g/mol. The Bertz CT molecular complexity index is 839.